The van der Waals surface area contributed by atoms with Gasteiger partial charge in [0.2, 0.25) is 5.91 Å². The van der Waals surface area contributed by atoms with E-state index in [1.165, 1.54) is 6.92 Å². The summed E-state index contributed by atoms with van der Waals surface area (Å²) in [4.78, 5) is 14.2. The van der Waals surface area contributed by atoms with Crippen molar-refractivity contribution in [2.24, 2.45) is 5.11 Å². The molecule has 9 nitrogen and oxygen atoms in total. The summed E-state index contributed by atoms with van der Waals surface area (Å²) in [5.41, 5.74) is 9.62. The molecule has 2 rings (SSSR count). The number of nitrogens with one attached hydrogen (secondary N) is 1. The Balaban J connectivity index is 2.19. The predicted molar refractivity (Wildman–Crippen MR) is 83.5 cm³/mol. The minimum atomic E-state index is -1.26. The van der Waals surface area contributed by atoms with Crippen molar-refractivity contribution in [3.05, 3.63) is 46.3 Å². The fraction of sp³-hybridized carbons (Fsp3) is 0.533. The van der Waals surface area contributed by atoms with Gasteiger partial charge in [-0.3, -0.25) is 4.79 Å². The first-order valence-electron chi connectivity index (χ1n) is 7.48. The molecule has 3 N–H and O–H groups in total. The molecule has 1 aromatic rings. The molecule has 9 heteroatoms. The van der Waals surface area contributed by atoms with E-state index in [1.54, 1.807) is 0 Å². The van der Waals surface area contributed by atoms with Crippen molar-refractivity contribution in [2.45, 2.75) is 44.1 Å². The molecule has 1 aliphatic rings. The lowest BCUT2D eigenvalue weighted by Gasteiger charge is -2.42. The maximum Gasteiger partial charge on any atom is 0.217 e. The van der Waals surface area contributed by atoms with E-state index in [1.807, 2.05) is 30.3 Å². The molecular weight excluding hydrogens is 316 g/mol. The normalized spacial score (nSPS) is 29.5. The number of carbonyl (C=O) groups is 1. The van der Waals surface area contributed by atoms with Gasteiger partial charge in [0, 0.05) is 11.8 Å². The fourth-order valence-corrected chi connectivity index (χ4v) is 2.57. The Morgan fingerprint density at radius 2 is 2.17 bits per heavy atom. The largest absolute Gasteiger partial charge is 0.394 e. The van der Waals surface area contributed by atoms with Crippen LogP contribution in [0.25, 0.3) is 10.4 Å². The molecule has 1 aromatic carbocycles. The number of nitrogens with zero attached hydrogens (tertiary/aromatic N) is 3. The highest BCUT2D eigenvalue weighted by atomic mass is 16.7. The minimum absolute atomic E-state index is 0.193. The molecule has 0 unspecified atom stereocenters. The molecule has 0 spiro atoms. The number of aliphatic hydroxyl groups is 2. The van der Waals surface area contributed by atoms with Gasteiger partial charge in [0.15, 0.2) is 6.29 Å². The smallest absolute Gasteiger partial charge is 0.217 e. The maximum atomic E-state index is 11.5. The van der Waals surface area contributed by atoms with Crippen LogP contribution < -0.4 is 5.32 Å². The molecule has 0 saturated carbocycles. The summed E-state index contributed by atoms with van der Waals surface area (Å²) in [5.74, 6) is -0.385. The van der Waals surface area contributed by atoms with E-state index in [2.05, 4.69) is 15.3 Å². The third-order valence-corrected chi connectivity index (χ3v) is 3.69. The van der Waals surface area contributed by atoms with Crippen molar-refractivity contribution in [1.29, 1.82) is 0 Å². The van der Waals surface area contributed by atoms with Gasteiger partial charge in [-0.15, -0.1) is 0 Å². The lowest BCUT2D eigenvalue weighted by molar-refractivity contribution is -0.250. The van der Waals surface area contributed by atoms with E-state index >= 15 is 0 Å². The second-order valence-electron chi connectivity index (χ2n) is 5.43. The Morgan fingerprint density at radius 1 is 1.46 bits per heavy atom. The van der Waals surface area contributed by atoms with E-state index in [0.29, 0.717) is 0 Å². The number of amides is 1. The number of carbonyl (C=O) groups excluding carboxylic acids is 1. The Morgan fingerprint density at radius 3 is 2.75 bits per heavy atom. The molecule has 0 radical (unpaired) electrons. The fourth-order valence-electron chi connectivity index (χ4n) is 2.57. The lowest BCUT2D eigenvalue weighted by atomic mass is 9.95. The molecule has 1 saturated heterocycles. The summed E-state index contributed by atoms with van der Waals surface area (Å²) < 4.78 is 11.2. The van der Waals surface area contributed by atoms with Crippen LogP contribution in [0.2, 0.25) is 0 Å². The lowest BCUT2D eigenvalue weighted by Crippen LogP contribution is -2.63. The van der Waals surface area contributed by atoms with Crippen LogP contribution in [0, 0.1) is 0 Å². The van der Waals surface area contributed by atoms with Crippen molar-refractivity contribution < 1.29 is 24.5 Å². The van der Waals surface area contributed by atoms with E-state index in [4.69, 9.17) is 15.0 Å². The van der Waals surface area contributed by atoms with Gasteiger partial charge in [-0.2, -0.15) is 0 Å². The third-order valence-electron chi connectivity index (χ3n) is 3.69. The molecule has 130 valence electrons. The van der Waals surface area contributed by atoms with Gasteiger partial charge in [-0.05, 0) is 11.1 Å². The van der Waals surface area contributed by atoms with Crippen LogP contribution in [0.4, 0.5) is 0 Å². The Labute approximate surface area is 138 Å². The Bertz CT molecular complexity index is 593. The van der Waals surface area contributed by atoms with Crippen molar-refractivity contribution in [1.82, 2.24) is 5.32 Å². The molecule has 1 aliphatic heterocycles. The number of hydrogen-bond donors (Lipinski definition) is 3. The number of hydrogen-bond acceptors (Lipinski definition) is 6. The SMILES string of the molecule is CC(=O)N[C@H]1[C@@H](OCc2ccccc2)O[C@H](CO)[C@H](O)[C@@H]1N=[N+]=[N-]. The summed E-state index contributed by atoms with van der Waals surface area (Å²) in [7, 11) is 0. The summed E-state index contributed by atoms with van der Waals surface area (Å²) in [6, 6.07) is 7.41. The zero-order valence-electron chi connectivity index (χ0n) is 13.1. The second kappa shape index (κ2) is 8.62. The van der Waals surface area contributed by atoms with Crippen molar-refractivity contribution >= 4 is 5.91 Å². The molecule has 1 heterocycles. The van der Waals surface area contributed by atoms with Gasteiger partial charge < -0.3 is 25.0 Å². The van der Waals surface area contributed by atoms with Crippen molar-refractivity contribution in [3.8, 4) is 0 Å². The average molecular weight is 336 g/mol. The molecule has 24 heavy (non-hydrogen) atoms. The van der Waals surface area contributed by atoms with Crippen LogP contribution in [0.1, 0.15) is 12.5 Å². The number of aliphatic hydroxyl groups excluding tert-OH is 2. The number of azide groups is 1. The van der Waals surface area contributed by atoms with E-state index in [-0.39, 0.29) is 12.5 Å². The van der Waals surface area contributed by atoms with Crippen molar-refractivity contribution in [2.75, 3.05) is 6.61 Å². The van der Waals surface area contributed by atoms with Crippen LogP contribution in [0.5, 0.6) is 0 Å². The topological polar surface area (TPSA) is 137 Å². The van der Waals surface area contributed by atoms with Gasteiger partial charge in [-0.1, -0.05) is 35.4 Å². The zero-order valence-corrected chi connectivity index (χ0v) is 13.1. The highest BCUT2D eigenvalue weighted by Gasteiger charge is 2.45. The van der Waals surface area contributed by atoms with Gasteiger partial charge in [0.05, 0.1) is 31.4 Å². The molecule has 5 atom stereocenters. The summed E-state index contributed by atoms with van der Waals surface area (Å²) in [6.45, 7) is 1.02. The maximum absolute atomic E-state index is 11.5. The molecule has 1 fully saturated rings. The van der Waals surface area contributed by atoms with Crippen LogP contribution in [0.15, 0.2) is 35.4 Å². The molecular formula is C15H20N4O5. The Kier molecular flexibility index (Phi) is 6.53. The van der Waals surface area contributed by atoms with Gasteiger partial charge in [0.1, 0.15) is 6.10 Å². The van der Waals surface area contributed by atoms with Gasteiger partial charge in [-0.25, -0.2) is 0 Å². The van der Waals surface area contributed by atoms with E-state index < -0.39 is 37.2 Å². The third kappa shape index (κ3) is 4.44. The number of ether oxygens (including phenoxy) is 2. The summed E-state index contributed by atoms with van der Waals surface area (Å²) >= 11 is 0. The molecule has 0 aromatic heterocycles. The van der Waals surface area contributed by atoms with Crippen LogP contribution in [-0.4, -0.2) is 53.3 Å². The second-order valence-corrected chi connectivity index (χ2v) is 5.43. The van der Waals surface area contributed by atoms with E-state index in [0.717, 1.165) is 5.56 Å². The van der Waals surface area contributed by atoms with Crippen molar-refractivity contribution in [3.63, 3.8) is 0 Å². The standard InChI is InChI=1S/C15H20N4O5/c1-9(21)17-13-12(18-19-16)14(22)11(7-20)24-15(13)23-8-10-5-3-2-4-6-10/h2-6,11-15,20,22H,7-8H2,1H3,(H,17,21)/t11-,12-,13-,14+,15+/m1/s1. The van der Waals surface area contributed by atoms with Crippen LogP contribution >= 0.6 is 0 Å². The van der Waals surface area contributed by atoms with E-state index in [9.17, 15) is 15.0 Å². The number of benzene rings is 1. The predicted octanol–water partition coefficient (Wildman–Crippen LogP) is 0.465. The first kappa shape index (κ1) is 18.2. The quantitative estimate of drug-likeness (QED) is 0.394. The van der Waals surface area contributed by atoms with Crippen LogP contribution in [0.3, 0.4) is 0 Å². The minimum Gasteiger partial charge on any atom is -0.394 e. The van der Waals surface area contributed by atoms with Gasteiger partial charge in [0.25, 0.3) is 0 Å². The zero-order chi connectivity index (χ0) is 17.5. The highest BCUT2D eigenvalue weighted by Crippen LogP contribution is 2.25. The molecule has 1 amide bonds. The number of rotatable bonds is 6. The first-order valence-corrected chi connectivity index (χ1v) is 7.48. The van der Waals surface area contributed by atoms with Crippen LogP contribution in [-0.2, 0) is 20.9 Å². The monoisotopic (exact) mass is 336 g/mol. The highest BCUT2D eigenvalue weighted by molar-refractivity contribution is 5.73. The van der Waals surface area contributed by atoms with Gasteiger partial charge >= 0.3 is 0 Å². The molecule has 0 bridgehead atoms. The Hall–Kier alpha value is -2.16. The molecule has 0 aliphatic carbocycles. The summed E-state index contributed by atoms with van der Waals surface area (Å²) in [5, 5.41) is 25.7. The summed E-state index contributed by atoms with van der Waals surface area (Å²) in [6.07, 6.45) is -3.23. The average Bonchev–Trinajstić information content (AvgIpc) is 2.58. The first-order chi connectivity index (χ1) is 11.6.